The van der Waals surface area contributed by atoms with Crippen molar-refractivity contribution >= 4 is 17.6 Å². The lowest BCUT2D eigenvalue weighted by atomic mass is 10.1. The van der Waals surface area contributed by atoms with E-state index in [1.54, 1.807) is 4.90 Å². The Kier molecular flexibility index (Phi) is 8.33. The maximum atomic E-state index is 13.2. The van der Waals surface area contributed by atoms with Crippen LogP contribution in [0.5, 0.6) is 0 Å². The van der Waals surface area contributed by atoms with Gasteiger partial charge in [0.25, 0.3) is 0 Å². The van der Waals surface area contributed by atoms with Crippen molar-refractivity contribution in [1.29, 1.82) is 0 Å². The summed E-state index contributed by atoms with van der Waals surface area (Å²) in [6, 6.07) is 12.3. The van der Waals surface area contributed by atoms with Crippen LogP contribution < -0.4 is 4.90 Å². The molecule has 0 spiro atoms. The van der Waals surface area contributed by atoms with Gasteiger partial charge in [-0.3, -0.25) is 9.59 Å². The zero-order valence-electron chi connectivity index (χ0n) is 21.2. The summed E-state index contributed by atoms with van der Waals surface area (Å²) in [6.45, 7) is 9.94. The van der Waals surface area contributed by atoms with Crippen LogP contribution in [0.3, 0.4) is 0 Å². The number of carbonyl (C=O) groups excluding carboxylic acids is 2. The van der Waals surface area contributed by atoms with Crippen molar-refractivity contribution in [3.63, 3.8) is 0 Å². The monoisotopic (exact) mass is 479 g/mol. The molecule has 2 fully saturated rings. The number of nitrogens with zero attached hydrogens (tertiary/aromatic N) is 5. The first-order chi connectivity index (χ1) is 16.9. The molecular weight excluding hydrogens is 442 g/mol. The minimum Gasteiger partial charge on any atom is -0.376 e. The van der Waals surface area contributed by atoms with Gasteiger partial charge in [-0.2, -0.15) is 0 Å². The number of rotatable bonds is 7. The molecule has 0 radical (unpaired) electrons. The molecule has 8 nitrogen and oxygen atoms in total. The summed E-state index contributed by atoms with van der Waals surface area (Å²) < 4.78 is 5.73. The van der Waals surface area contributed by atoms with Gasteiger partial charge in [-0.1, -0.05) is 43.7 Å². The number of hydrogen-bond acceptors (Lipinski definition) is 6. The van der Waals surface area contributed by atoms with Gasteiger partial charge in [-0.15, -0.1) is 10.2 Å². The summed E-state index contributed by atoms with van der Waals surface area (Å²) in [4.78, 5) is 31.7. The molecule has 1 atom stereocenters. The molecule has 0 N–H and O–H groups in total. The third kappa shape index (κ3) is 6.57. The van der Waals surface area contributed by atoms with E-state index < -0.39 is 0 Å². The van der Waals surface area contributed by atoms with Crippen molar-refractivity contribution in [1.82, 2.24) is 20.0 Å². The van der Waals surface area contributed by atoms with E-state index in [4.69, 9.17) is 4.74 Å². The molecule has 2 aliphatic heterocycles. The Balaban J connectivity index is 1.35. The molecule has 35 heavy (non-hydrogen) atoms. The zero-order valence-corrected chi connectivity index (χ0v) is 21.2. The van der Waals surface area contributed by atoms with Crippen LogP contribution in [0.15, 0.2) is 36.4 Å². The summed E-state index contributed by atoms with van der Waals surface area (Å²) >= 11 is 0. The van der Waals surface area contributed by atoms with Crippen LogP contribution >= 0.6 is 0 Å². The molecule has 1 aromatic carbocycles. The first-order valence-corrected chi connectivity index (χ1v) is 12.7. The van der Waals surface area contributed by atoms with Crippen LogP contribution in [0.1, 0.15) is 38.7 Å². The largest absolute Gasteiger partial charge is 0.376 e. The Labute approximate surface area is 208 Å². The molecule has 1 aromatic heterocycles. The van der Waals surface area contributed by atoms with Crippen molar-refractivity contribution in [2.24, 2.45) is 5.92 Å². The SMILES string of the molecule is Cc1ccc(-c2ccc(N3CCCN(C(=O)CN(CC4CCCO4)C(=O)C(C)C)CC3)nn2)cc1. The van der Waals surface area contributed by atoms with Crippen molar-refractivity contribution in [2.75, 3.05) is 50.8 Å². The van der Waals surface area contributed by atoms with Crippen LogP contribution in [-0.2, 0) is 14.3 Å². The van der Waals surface area contributed by atoms with Crippen molar-refractivity contribution in [3.05, 3.63) is 42.0 Å². The number of amides is 2. The van der Waals surface area contributed by atoms with E-state index >= 15 is 0 Å². The highest BCUT2D eigenvalue weighted by Gasteiger charge is 2.28. The van der Waals surface area contributed by atoms with Gasteiger partial charge in [-0.05, 0) is 38.3 Å². The van der Waals surface area contributed by atoms with E-state index in [9.17, 15) is 9.59 Å². The van der Waals surface area contributed by atoms with E-state index in [0.29, 0.717) is 26.2 Å². The highest BCUT2D eigenvalue weighted by atomic mass is 16.5. The lowest BCUT2D eigenvalue weighted by Gasteiger charge is -2.29. The minimum absolute atomic E-state index is 0.000324. The summed E-state index contributed by atoms with van der Waals surface area (Å²) in [7, 11) is 0. The van der Waals surface area contributed by atoms with Gasteiger partial charge in [0.05, 0.1) is 18.3 Å². The molecule has 0 bridgehead atoms. The van der Waals surface area contributed by atoms with Gasteiger partial charge in [-0.25, -0.2) is 0 Å². The second kappa shape index (κ2) is 11.6. The molecule has 2 saturated heterocycles. The van der Waals surface area contributed by atoms with E-state index in [2.05, 4.69) is 46.3 Å². The lowest BCUT2D eigenvalue weighted by Crippen LogP contribution is -2.47. The van der Waals surface area contributed by atoms with Crippen molar-refractivity contribution in [2.45, 2.75) is 46.1 Å². The Hall–Kier alpha value is -3.00. The number of ether oxygens (including phenoxy) is 1. The Bertz CT molecular complexity index is 987. The first-order valence-electron chi connectivity index (χ1n) is 12.7. The number of anilines is 1. The second-order valence-corrected chi connectivity index (χ2v) is 9.87. The molecule has 3 heterocycles. The van der Waals surface area contributed by atoms with Crippen LogP contribution in [0.25, 0.3) is 11.3 Å². The minimum atomic E-state index is -0.148. The van der Waals surface area contributed by atoms with E-state index in [-0.39, 0.29) is 30.4 Å². The quantitative estimate of drug-likeness (QED) is 0.607. The summed E-state index contributed by atoms with van der Waals surface area (Å²) in [5.74, 6) is 0.685. The Morgan fingerprint density at radius 2 is 1.83 bits per heavy atom. The summed E-state index contributed by atoms with van der Waals surface area (Å²) in [6.07, 6.45) is 2.83. The molecule has 8 heteroatoms. The predicted molar refractivity (Wildman–Crippen MR) is 136 cm³/mol. The van der Waals surface area contributed by atoms with Gasteiger partial charge in [0.2, 0.25) is 11.8 Å². The number of hydrogen-bond donors (Lipinski definition) is 0. The second-order valence-electron chi connectivity index (χ2n) is 9.87. The molecule has 2 aromatic rings. The van der Waals surface area contributed by atoms with E-state index in [0.717, 1.165) is 49.5 Å². The standard InChI is InChI=1S/C27H37N5O3/c1-20(2)27(34)32(18-23-6-4-17-35-23)19-26(33)31-14-5-13-30(15-16-31)25-12-11-24(28-29-25)22-9-7-21(3)8-10-22/h7-12,20,23H,4-6,13-19H2,1-3H3. The Morgan fingerprint density at radius 3 is 2.49 bits per heavy atom. The molecule has 2 aliphatic rings. The molecule has 1 unspecified atom stereocenters. The van der Waals surface area contributed by atoms with Crippen LogP contribution in [0, 0.1) is 12.8 Å². The highest BCUT2D eigenvalue weighted by Crippen LogP contribution is 2.20. The van der Waals surface area contributed by atoms with Crippen LogP contribution in [-0.4, -0.2) is 83.8 Å². The lowest BCUT2D eigenvalue weighted by molar-refractivity contribution is -0.143. The maximum absolute atomic E-state index is 13.2. The number of aryl methyl sites for hydroxylation is 1. The fraction of sp³-hybridized carbons (Fsp3) is 0.556. The van der Waals surface area contributed by atoms with Gasteiger partial charge in [0.1, 0.15) is 0 Å². The summed E-state index contributed by atoms with van der Waals surface area (Å²) in [5, 5.41) is 8.90. The fourth-order valence-corrected chi connectivity index (χ4v) is 4.66. The third-order valence-electron chi connectivity index (χ3n) is 6.75. The van der Waals surface area contributed by atoms with E-state index in [1.807, 2.05) is 30.9 Å². The molecule has 4 rings (SSSR count). The Morgan fingerprint density at radius 1 is 1.03 bits per heavy atom. The normalized spacial score (nSPS) is 18.6. The van der Waals surface area contributed by atoms with Gasteiger partial charge < -0.3 is 19.4 Å². The average Bonchev–Trinajstić information content (AvgIpc) is 3.25. The highest BCUT2D eigenvalue weighted by molar-refractivity contribution is 5.85. The van der Waals surface area contributed by atoms with E-state index in [1.165, 1.54) is 5.56 Å². The topological polar surface area (TPSA) is 78.9 Å². The molecule has 0 aliphatic carbocycles. The number of benzene rings is 1. The predicted octanol–water partition coefficient (Wildman–Crippen LogP) is 3.15. The first kappa shape index (κ1) is 25.1. The number of carbonyl (C=O) groups is 2. The van der Waals surface area contributed by atoms with Crippen LogP contribution in [0.2, 0.25) is 0 Å². The number of aromatic nitrogens is 2. The fourth-order valence-electron chi connectivity index (χ4n) is 4.66. The molecular formula is C27H37N5O3. The molecule has 0 saturated carbocycles. The molecule has 2 amide bonds. The smallest absolute Gasteiger partial charge is 0.242 e. The third-order valence-corrected chi connectivity index (χ3v) is 6.75. The van der Waals surface area contributed by atoms with Crippen molar-refractivity contribution < 1.29 is 14.3 Å². The average molecular weight is 480 g/mol. The van der Waals surface area contributed by atoms with Gasteiger partial charge in [0, 0.05) is 50.8 Å². The van der Waals surface area contributed by atoms with Gasteiger partial charge in [0.15, 0.2) is 5.82 Å². The maximum Gasteiger partial charge on any atom is 0.242 e. The van der Waals surface area contributed by atoms with Gasteiger partial charge >= 0.3 is 0 Å². The zero-order chi connectivity index (χ0) is 24.8. The van der Waals surface area contributed by atoms with Crippen molar-refractivity contribution in [3.8, 4) is 11.3 Å². The van der Waals surface area contributed by atoms with Crippen LogP contribution in [0.4, 0.5) is 5.82 Å². The summed E-state index contributed by atoms with van der Waals surface area (Å²) in [5.41, 5.74) is 3.11. The molecule has 188 valence electrons.